The molecule has 0 atom stereocenters. The molecule has 8 heteroatoms. The van der Waals surface area contributed by atoms with Crippen LogP contribution < -0.4 is 4.74 Å². The number of para-hydroxylation sites is 1. The molecule has 0 radical (unpaired) electrons. The molecular weight excluding hydrogens is 897 g/mol. The number of ether oxygens (including phenoxy) is 1. The molecule has 0 saturated heterocycles. The maximum absolute atomic E-state index is 7.09. The second-order valence-electron chi connectivity index (χ2n) is 19.0. The highest BCUT2D eigenvalue weighted by Gasteiger charge is 2.33. The molecule has 0 N–H and O–H groups in total. The summed E-state index contributed by atoms with van der Waals surface area (Å²) in [5.41, 5.74) is 10.6. The van der Waals surface area contributed by atoms with Crippen LogP contribution in [-0.2, 0) is 5.60 Å². The normalized spacial score (nSPS) is 12.7. The lowest BCUT2D eigenvalue weighted by Crippen LogP contribution is -2.29. The van der Waals surface area contributed by atoms with Crippen LogP contribution in [0.3, 0.4) is 0 Å². The largest absolute Gasteiger partial charge is 0.482 e. The van der Waals surface area contributed by atoms with E-state index in [1.165, 1.54) is 0 Å². The van der Waals surface area contributed by atoms with Crippen LogP contribution in [0.5, 0.6) is 5.75 Å². The third-order valence-electron chi connectivity index (χ3n) is 14.0. The molecular formula is C65H42N6O2. The fourth-order valence-corrected chi connectivity index (χ4v) is 10.4. The molecule has 0 aliphatic carbocycles. The van der Waals surface area contributed by atoms with Crippen LogP contribution in [0.1, 0.15) is 19.4 Å². The van der Waals surface area contributed by atoms with E-state index in [1.807, 2.05) is 78.9 Å². The smallest absolute Gasteiger partial charge is 0.167 e. The zero-order valence-corrected chi connectivity index (χ0v) is 39.8. The lowest BCUT2D eigenvalue weighted by atomic mass is 9.85. The molecule has 14 rings (SSSR count). The van der Waals surface area contributed by atoms with Crippen molar-refractivity contribution in [1.29, 1.82) is 0 Å². The Hall–Kier alpha value is -9.66. The monoisotopic (exact) mass is 938 g/mol. The summed E-state index contributed by atoms with van der Waals surface area (Å²) in [7, 11) is 0. The molecule has 3 aromatic heterocycles. The van der Waals surface area contributed by atoms with Crippen LogP contribution in [0.15, 0.2) is 223 Å². The Morgan fingerprint density at radius 1 is 0.342 bits per heavy atom. The summed E-state index contributed by atoms with van der Waals surface area (Å²) >= 11 is 0. The summed E-state index contributed by atoms with van der Waals surface area (Å²) in [5.74, 6) is 3.88. The van der Waals surface area contributed by atoms with Gasteiger partial charge in [-0.1, -0.05) is 188 Å². The van der Waals surface area contributed by atoms with E-state index < -0.39 is 5.60 Å². The SMILES string of the molecule is CC1(C)Oc2cc(-c3cc(-c4nc(-c5ccc6ccccc6c5)nc(-c5ccc6ccccc6c5)n4)c4oc5ccccc5c4c3-c3nc(-c4ccccc4)nc(-c4ccccc4)n3)ccc2-c2ccccc21. The highest BCUT2D eigenvalue weighted by Crippen LogP contribution is 2.50. The van der Waals surface area contributed by atoms with E-state index in [-0.39, 0.29) is 0 Å². The van der Waals surface area contributed by atoms with Crippen molar-refractivity contribution in [3.63, 3.8) is 0 Å². The van der Waals surface area contributed by atoms with Gasteiger partial charge in [-0.25, -0.2) is 29.9 Å². The fraction of sp³-hybridized carbons (Fsp3) is 0.0462. The molecule has 10 aromatic carbocycles. The number of benzene rings is 10. The lowest BCUT2D eigenvalue weighted by Gasteiger charge is -2.35. The molecule has 13 aromatic rings. The second kappa shape index (κ2) is 16.7. The summed E-state index contributed by atoms with van der Waals surface area (Å²) < 4.78 is 14.1. The second-order valence-corrected chi connectivity index (χ2v) is 19.0. The zero-order chi connectivity index (χ0) is 48.6. The minimum atomic E-state index is -0.590. The van der Waals surface area contributed by atoms with Gasteiger partial charge in [0.2, 0.25) is 0 Å². The molecule has 0 spiro atoms. The van der Waals surface area contributed by atoms with Crippen molar-refractivity contribution in [1.82, 2.24) is 29.9 Å². The highest BCUT2D eigenvalue weighted by molar-refractivity contribution is 6.19. The van der Waals surface area contributed by atoms with E-state index in [0.29, 0.717) is 51.7 Å². The average Bonchev–Trinajstić information content (AvgIpc) is 3.84. The van der Waals surface area contributed by atoms with E-state index in [2.05, 4.69) is 153 Å². The molecule has 1 aliphatic rings. The number of rotatable bonds is 7. The van der Waals surface area contributed by atoms with Gasteiger partial charge in [-0.05, 0) is 82.4 Å². The predicted molar refractivity (Wildman–Crippen MR) is 293 cm³/mol. The first-order valence-electron chi connectivity index (χ1n) is 24.4. The van der Waals surface area contributed by atoms with Crippen LogP contribution in [0.25, 0.3) is 134 Å². The van der Waals surface area contributed by atoms with Gasteiger partial charge in [0.1, 0.15) is 22.5 Å². The Morgan fingerprint density at radius 2 is 0.849 bits per heavy atom. The highest BCUT2D eigenvalue weighted by atomic mass is 16.5. The van der Waals surface area contributed by atoms with Crippen LogP contribution >= 0.6 is 0 Å². The molecule has 0 bridgehead atoms. The van der Waals surface area contributed by atoms with Gasteiger partial charge in [0.05, 0.1) is 5.56 Å². The maximum atomic E-state index is 7.09. The number of nitrogens with zero attached hydrogens (tertiary/aromatic N) is 6. The minimum absolute atomic E-state index is 0.452. The Balaban J connectivity index is 1.09. The van der Waals surface area contributed by atoms with Gasteiger partial charge in [-0.15, -0.1) is 0 Å². The molecule has 0 unspecified atom stereocenters. The maximum Gasteiger partial charge on any atom is 0.167 e. The van der Waals surface area contributed by atoms with Crippen LogP contribution in [0.4, 0.5) is 0 Å². The molecule has 344 valence electrons. The summed E-state index contributed by atoms with van der Waals surface area (Å²) in [6.07, 6.45) is 0. The van der Waals surface area contributed by atoms with Gasteiger partial charge >= 0.3 is 0 Å². The van der Waals surface area contributed by atoms with E-state index in [1.54, 1.807) is 0 Å². The first-order valence-corrected chi connectivity index (χ1v) is 24.4. The van der Waals surface area contributed by atoms with Gasteiger partial charge < -0.3 is 9.15 Å². The summed E-state index contributed by atoms with van der Waals surface area (Å²) in [6.45, 7) is 4.24. The number of fused-ring (bicyclic) bond motifs is 8. The number of hydrogen-bond acceptors (Lipinski definition) is 8. The van der Waals surface area contributed by atoms with Crippen molar-refractivity contribution in [2.75, 3.05) is 0 Å². The van der Waals surface area contributed by atoms with E-state index in [9.17, 15) is 0 Å². The molecule has 73 heavy (non-hydrogen) atoms. The van der Waals surface area contributed by atoms with Gasteiger partial charge in [0, 0.05) is 49.7 Å². The number of hydrogen-bond donors (Lipinski definition) is 0. The third kappa shape index (κ3) is 7.30. The predicted octanol–water partition coefficient (Wildman–Crippen LogP) is 16.2. The number of aromatic nitrogens is 6. The molecule has 0 saturated carbocycles. The van der Waals surface area contributed by atoms with Crippen LogP contribution in [0, 0.1) is 0 Å². The van der Waals surface area contributed by atoms with Crippen LogP contribution in [0.2, 0.25) is 0 Å². The van der Waals surface area contributed by atoms with Crippen molar-refractivity contribution >= 4 is 43.5 Å². The zero-order valence-electron chi connectivity index (χ0n) is 39.8. The Labute approximate surface area is 420 Å². The Morgan fingerprint density at radius 3 is 1.49 bits per heavy atom. The van der Waals surface area contributed by atoms with E-state index >= 15 is 0 Å². The van der Waals surface area contributed by atoms with E-state index in [0.717, 1.165) is 93.7 Å². The molecule has 4 heterocycles. The summed E-state index contributed by atoms with van der Waals surface area (Å²) in [6, 6.07) is 74.7. The summed E-state index contributed by atoms with van der Waals surface area (Å²) in [5, 5.41) is 6.14. The molecule has 8 nitrogen and oxygen atoms in total. The van der Waals surface area contributed by atoms with E-state index in [4.69, 9.17) is 39.1 Å². The first-order chi connectivity index (χ1) is 35.9. The topological polar surface area (TPSA) is 99.7 Å². The van der Waals surface area contributed by atoms with Crippen LogP contribution in [-0.4, -0.2) is 29.9 Å². The number of furan rings is 1. The van der Waals surface area contributed by atoms with Crippen molar-refractivity contribution < 1.29 is 9.15 Å². The van der Waals surface area contributed by atoms with Gasteiger partial charge in [-0.2, -0.15) is 0 Å². The van der Waals surface area contributed by atoms with Crippen molar-refractivity contribution in [2.45, 2.75) is 19.4 Å². The quantitative estimate of drug-likeness (QED) is 0.156. The molecule has 0 amide bonds. The van der Waals surface area contributed by atoms with Gasteiger partial charge in [0.25, 0.3) is 0 Å². The van der Waals surface area contributed by atoms with Crippen molar-refractivity contribution in [3.8, 4) is 96.3 Å². The Kier molecular flexibility index (Phi) is 9.69. The third-order valence-corrected chi connectivity index (χ3v) is 14.0. The average molecular weight is 939 g/mol. The minimum Gasteiger partial charge on any atom is -0.482 e. The van der Waals surface area contributed by atoms with Gasteiger partial charge in [-0.3, -0.25) is 0 Å². The fourth-order valence-electron chi connectivity index (χ4n) is 10.4. The summed E-state index contributed by atoms with van der Waals surface area (Å²) in [4.78, 5) is 31.9. The first kappa shape index (κ1) is 42.2. The lowest BCUT2D eigenvalue weighted by molar-refractivity contribution is 0.106. The van der Waals surface area contributed by atoms with Crippen molar-refractivity contribution in [2.24, 2.45) is 0 Å². The van der Waals surface area contributed by atoms with Gasteiger partial charge in [0.15, 0.2) is 34.9 Å². The molecule has 0 fully saturated rings. The Bertz CT molecular complexity index is 4180. The standard InChI is InChI=1S/C65H42N6O2/c1-65(2)53-27-15-13-25-48(53)49-34-33-45(37-55(49)73-65)51-38-52(63-68-61(46-31-29-39-17-9-11-23-43(39)35-46)67-62(69-63)47-32-30-40-18-10-12-24-44(40)36-47)58-56(50-26-14-16-28-54(50)72-58)57(51)64-70-59(41-19-5-3-6-20-41)66-60(71-64)42-21-7-4-8-22-42/h3-38H,1-2H3. The van der Waals surface area contributed by atoms with Crippen molar-refractivity contribution in [3.05, 3.63) is 224 Å². The molecule has 1 aliphatic heterocycles.